The third-order valence-electron chi connectivity index (χ3n) is 0.835. The Morgan fingerprint density at radius 1 is 1.70 bits per heavy atom. The van der Waals surface area contributed by atoms with E-state index >= 15 is 0 Å². The van der Waals surface area contributed by atoms with Gasteiger partial charge in [0.15, 0.2) is 0 Å². The molecule has 0 aromatic rings. The van der Waals surface area contributed by atoms with E-state index in [4.69, 9.17) is 5.11 Å². The van der Waals surface area contributed by atoms with Gasteiger partial charge >= 0.3 is 5.97 Å². The molecule has 0 rings (SSSR count). The van der Waals surface area contributed by atoms with E-state index in [9.17, 15) is 4.79 Å². The Bertz CT molecular complexity index is 112. The van der Waals surface area contributed by atoms with E-state index in [1.54, 1.807) is 13.8 Å². The average molecular weight is 211 g/mol. The van der Waals surface area contributed by atoms with Crippen LogP contribution in [0.15, 0.2) is 0 Å². The molecule has 0 aliphatic carbocycles. The molecule has 0 amide bonds. The van der Waals surface area contributed by atoms with Gasteiger partial charge < -0.3 is 9.84 Å². The summed E-state index contributed by atoms with van der Waals surface area (Å²) in [5, 5.41) is 7.87. The molecule has 0 spiro atoms. The highest BCUT2D eigenvalue weighted by atomic mass is 79.9. The van der Waals surface area contributed by atoms with Crippen LogP contribution in [0.3, 0.4) is 0 Å². The van der Waals surface area contributed by atoms with Gasteiger partial charge in [-0.3, -0.25) is 4.79 Å². The number of alkyl halides is 1. The molecule has 0 bridgehead atoms. The Balaban J connectivity index is 3.40. The first-order chi connectivity index (χ1) is 4.54. The summed E-state index contributed by atoms with van der Waals surface area (Å²) in [6.07, 6.45) is 0. The molecule has 0 aliphatic heterocycles. The van der Waals surface area contributed by atoms with Gasteiger partial charge in [-0.15, -0.1) is 0 Å². The van der Waals surface area contributed by atoms with Crippen LogP contribution in [0.5, 0.6) is 0 Å². The lowest BCUT2D eigenvalue weighted by atomic mass is 10.2. The number of aliphatic hydroxyl groups excluding tert-OH is 1. The highest BCUT2D eigenvalue weighted by Gasteiger charge is 2.09. The Morgan fingerprint density at radius 2 is 2.20 bits per heavy atom. The number of hydrogen-bond donors (Lipinski definition) is 1. The number of hydrogen-bond acceptors (Lipinski definition) is 3. The molecule has 0 saturated heterocycles. The molecule has 10 heavy (non-hydrogen) atoms. The largest absolute Gasteiger partial charge is 0.462 e. The normalized spacial score (nSPS) is 13.3. The number of carbonyl (C=O) groups is 1. The first-order valence-corrected chi connectivity index (χ1v) is 3.94. The number of rotatable bonds is 3. The summed E-state index contributed by atoms with van der Waals surface area (Å²) < 4.78 is 4.63. The summed E-state index contributed by atoms with van der Waals surface area (Å²) in [6.45, 7) is 3.49. The molecule has 0 saturated carbocycles. The zero-order chi connectivity index (χ0) is 8.15. The van der Waals surface area contributed by atoms with Gasteiger partial charge in [-0.25, -0.2) is 0 Å². The van der Waals surface area contributed by atoms with Crippen LogP contribution in [-0.2, 0) is 9.53 Å². The van der Waals surface area contributed by atoms with Crippen LogP contribution >= 0.6 is 15.9 Å². The van der Waals surface area contributed by atoms with Crippen molar-refractivity contribution in [2.75, 3.05) is 6.61 Å². The van der Waals surface area contributed by atoms with Gasteiger partial charge in [-0.2, -0.15) is 0 Å². The number of halogens is 1. The second-order valence-corrected chi connectivity index (χ2v) is 3.28. The predicted octanol–water partition coefficient (Wildman–Crippen LogP) is 0.899. The summed E-state index contributed by atoms with van der Waals surface area (Å²) in [6, 6.07) is 0. The molecule has 1 N–H and O–H groups in total. The lowest BCUT2D eigenvalue weighted by Crippen LogP contribution is -2.17. The maximum Gasteiger partial charge on any atom is 0.308 e. The van der Waals surface area contributed by atoms with Gasteiger partial charge in [0, 0.05) is 0 Å². The molecule has 0 aromatic carbocycles. The standard InChI is InChI=1S/C6H11BrO3/c1-4(2)6(9)10-3-5(7)8/h4-5,8H,3H2,1-2H3. The van der Waals surface area contributed by atoms with Crippen molar-refractivity contribution in [2.24, 2.45) is 5.92 Å². The van der Waals surface area contributed by atoms with Gasteiger partial charge in [0.05, 0.1) is 5.92 Å². The number of ether oxygens (including phenoxy) is 1. The van der Waals surface area contributed by atoms with Gasteiger partial charge in [0.25, 0.3) is 0 Å². The Morgan fingerprint density at radius 3 is 2.50 bits per heavy atom. The van der Waals surface area contributed by atoms with Crippen LogP contribution in [0.25, 0.3) is 0 Å². The molecule has 0 aliphatic rings. The maximum atomic E-state index is 10.7. The SMILES string of the molecule is CC(C)C(=O)OCC(O)Br. The number of carbonyl (C=O) groups excluding carboxylic acids is 1. The van der Waals surface area contributed by atoms with Gasteiger partial charge in [-0.1, -0.05) is 29.8 Å². The summed E-state index contributed by atoms with van der Waals surface area (Å²) >= 11 is 2.83. The van der Waals surface area contributed by atoms with E-state index in [2.05, 4.69) is 20.7 Å². The van der Waals surface area contributed by atoms with Crippen molar-refractivity contribution < 1.29 is 14.6 Å². The fraction of sp³-hybridized carbons (Fsp3) is 0.833. The quantitative estimate of drug-likeness (QED) is 0.557. The van der Waals surface area contributed by atoms with Crippen molar-refractivity contribution in [3.63, 3.8) is 0 Å². The van der Waals surface area contributed by atoms with E-state index in [0.29, 0.717) is 0 Å². The molecule has 1 unspecified atom stereocenters. The smallest absolute Gasteiger partial charge is 0.308 e. The van der Waals surface area contributed by atoms with Crippen LogP contribution in [0.2, 0.25) is 0 Å². The Kier molecular flexibility index (Phi) is 4.64. The molecular formula is C6H11BrO3. The molecule has 0 aromatic heterocycles. The molecular weight excluding hydrogens is 200 g/mol. The van der Waals surface area contributed by atoms with Crippen LogP contribution < -0.4 is 0 Å². The van der Waals surface area contributed by atoms with E-state index < -0.39 is 5.01 Å². The van der Waals surface area contributed by atoms with Crippen molar-refractivity contribution in [3.05, 3.63) is 0 Å². The monoisotopic (exact) mass is 210 g/mol. The molecule has 1 atom stereocenters. The van der Waals surface area contributed by atoms with Gasteiger partial charge in [-0.05, 0) is 0 Å². The zero-order valence-electron chi connectivity index (χ0n) is 6.00. The van der Waals surface area contributed by atoms with Crippen LogP contribution in [0.4, 0.5) is 0 Å². The fourth-order valence-corrected chi connectivity index (χ4v) is 0.450. The minimum absolute atomic E-state index is 0.0109. The minimum Gasteiger partial charge on any atom is -0.462 e. The van der Waals surface area contributed by atoms with E-state index in [1.165, 1.54) is 0 Å². The third kappa shape index (κ3) is 4.76. The van der Waals surface area contributed by atoms with E-state index in [0.717, 1.165) is 0 Å². The molecule has 3 nitrogen and oxygen atoms in total. The molecule has 0 radical (unpaired) electrons. The van der Waals surface area contributed by atoms with Crippen molar-refractivity contribution in [1.82, 2.24) is 0 Å². The Hall–Kier alpha value is -0.0900. The second-order valence-electron chi connectivity index (χ2n) is 2.22. The first kappa shape index (κ1) is 9.91. The lowest BCUT2D eigenvalue weighted by Gasteiger charge is -2.06. The summed E-state index contributed by atoms with van der Waals surface area (Å²) in [4.78, 5) is 10.7. The van der Waals surface area contributed by atoms with Crippen LogP contribution in [-0.4, -0.2) is 22.7 Å². The van der Waals surface area contributed by atoms with E-state index in [-0.39, 0.29) is 18.5 Å². The third-order valence-corrected chi connectivity index (χ3v) is 1.10. The molecule has 60 valence electrons. The fourth-order valence-electron chi connectivity index (χ4n) is 0.318. The van der Waals surface area contributed by atoms with Crippen molar-refractivity contribution >= 4 is 21.9 Å². The second kappa shape index (κ2) is 4.68. The van der Waals surface area contributed by atoms with Gasteiger partial charge in [0.2, 0.25) is 0 Å². The topological polar surface area (TPSA) is 46.5 Å². The predicted molar refractivity (Wildman–Crippen MR) is 40.7 cm³/mol. The molecule has 4 heteroatoms. The lowest BCUT2D eigenvalue weighted by molar-refractivity contribution is -0.148. The zero-order valence-corrected chi connectivity index (χ0v) is 7.59. The number of esters is 1. The summed E-state index contributed by atoms with van der Waals surface area (Å²) in [5.74, 6) is -0.426. The minimum atomic E-state index is -0.754. The summed E-state index contributed by atoms with van der Waals surface area (Å²) in [7, 11) is 0. The Labute approximate surface area is 68.5 Å². The average Bonchev–Trinajstić information content (AvgIpc) is 1.82. The van der Waals surface area contributed by atoms with Crippen molar-refractivity contribution in [1.29, 1.82) is 0 Å². The summed E-state index contributed by atoms with van der Waals surface area (Å²) in [5.41, 5.74) is 0. The molecule has 0 heterocycles. The van der Waals surface area contributed by atoms with Gasteiger partial charge in [0.1, 0.15) is 11.6 Å². The van der Waals surface area contributed by atoms with Crippen LogP contribution in [0, 0.1) is 5.92 Å². The van der Waals surface area contributed by atoms with Crippen LogP contribution in [0.1, 0.15) is 13.8 Å². The van der Waals surface area contributed by atoms with Crippen molar-refractivity contribution in [3.8, 4) is 0 Å². The highest BCUT2D eigenvalue weighted by molar-refractivity contribution is 9.09. The maximum absolute atomic E-state index is 10.7. The first-order valence-electron chi connectivity index (χ1n) is 3.02. The highest BCUT2D eigenvalue weighted by Crippen LogP contribution is 1.99. The van der Waals surface area contributed by atoms with E-state index in [1.807, 2.05) is 0 Å². The molecule has 0 fully saturated rings. The number of aliphatic hydroxyl groups is 1. The van der Waals surface area contributed by atoms with Crippen molar-refractivity contribution in [2.45, 2.75) is 18.9 Å².